The molecule has 0 bridgehead atoms. The maximum absolute atomic E-state index is 13.7. The molecule has 0 aliphatic carbocycles. The molecule has 0 unspecified atom stereocenters. The molecule has 20 heavy (non-hydrogen) atoms. The highest BCUT2D eigenvalue weighted by atomic mass is 79.9. The van der Waals surface area contributed by atoms with E-state index in [9.17, 15) is 22.0 Å². The molecule has 0 saturated heterocycles. The van der Waals surface area contributed by atoms with E-state index in [1.54, 1.807) is 13.0 Å². The molecule has 0 radical (unpaired) electrons. The van der Waals surface area contributed by atoms with Crippen molar-refractivity contribution in [1.29, 1.82) is 0 Å². The second-order valence-electron chi connectivity index (χ2n) is 4.30. The molecule has 6 heteroatoms. The average molecular weight is 351 g/mol. The third-order valence-electron chi connectivity index (χ3n) is 2.76. The van der Waals surface area contributed by atoms with E-state index in [0.29, 0.717) is 17.7 Å². The Labute approximate surface area is 120 Å². The van der Waals surface area contributed by atoms with Crippen LogP contribution in [0.5, 0.6) is 0 Å². The molecule has 0 nitrogen and oxygen atoms in total. The topological polar surface area (TPSA) is 0 Å². The number of aryl methyl sites for hydroxylation is 1. The molecule has 0 aliphatic rings. The first kappa shape index (κ1) is 15.0. The van der Waals surface area contributed by atoms with Crippen LogP contribution in [0.3, 0.4) is 0 Å². The zero-order valence-corrected chi connectivity index (χ0v) is 11.7. The van der Waals surface area contributed by atoms with Crippen LogP contribution >= 0.6 is 15.9 Å². The van der Waals surface area contributed by atoms with Crippen molar-refractivity contribution in [3.63, 3.8) is 0 Å². The Kier molecular flexibility index (Phi) is 3.86. The van der Waals surface area contributed by atoms with E-state index in [1.807, 2.05) is 15.9 Å². The highest BCUT2D eigenvalue weighted by Gasteiger charge is 2.35. The van der Waals surface area contributed by atoms with Gasteiger partial charge in [0.15, 0.2) is 0 Å². The van der Waals surface area contributed by atoms with E-state index in [1.165, 1.54) is 12.1 Å². The van der Waals surface area contributed by atoms with Gasteiger partial charge in [0.25, 0.3) is 0 Å². The second kappa shape index (κ2) is 5.16. The summed E-state index contributed by atoms with van der Waals surface area (Å²) in [4.78, 5) is -3.83. The van der Waals surface area contributed by atoms with E-state index in [0.717, 1.165) is 0 Å². The molecule has 0 spiro atoms. The van der Waals surface area contributed by atoms with Gasteiger partial charge in [0.05, 0.1) is 0 Å². The quantitative estimate of drug-likeness (QED) is 0.493. The number of hydrogen-bond donors (Lipinski definition) is 0. The summed E-state index contributed by atoms with van der Waals surface area (Å²) in [7, 11) is 0. The Balaban J connectivity index is 2.61. The standard InChI is InChI=1S/C14H8BrF5/c1-7-2-3-9(10(16)4-7)8-5-11(17)13(12(18)6-8)14(15,19)20/h2-6H,1H3. The maximum atomic E-state index is 13.7. The first-order chi connectivity index (χ1) is 9.20. The number of benzene rings is 2. The van der Waals surface area contributed by atoms with Crippen LogP contribution in [0.15, 0.2) is 30.3 Å². The van der Waals surface area contributed by atoms with Crippen LogP contribution in [-0.4, -0.2) is 0 Å². The Morgan fingerprint density at radius 2 is 1.45 bits per heavy atom. The lowest BCUT2D eigenvalue weighted by Gasteiger charge is -2.13. The van der Waals surface area contributed by atoms with E-state index in [-0.39, 0.29) is 11.1 Å². The largest absolute Gasteiger partial charge is 0.332 e. The van der Waals surface area contributed by atoms with E-state index in [2.05, 4.69) is 0 Å². The van der Waals surface area contributed by atoms with Crippen LogP contribution in [-0.2, 0) is 4.83 Å². The highest BCUT2D eigenvalue weighted by Crippen LogP contribution is 2.39. The van der Waals surface area contributed by atoms with Crippen LogP contribution in [0.4, 0.5) is 22.0 Å². The maximum Gasteiger partial charge on any atom is 0.332 e. The molecule has 0 N–H and O–H groups in total. The number of hydrogen-bond acceptors (Lipinski definition) is 0. The van der Waals surface area contributed by atoms with Crippen LogP contribution in [0.25, 0.3) is 11.1 Å². The smallest absolute Gasteiger partial charge is 0.206 e. The van der Waals surface area contributed by atoms with Crippen molar-refractivity contribution in [2.75, 3.05) is 0 Å². The van der Waals surface area contributed by atoms with Crippen molar-refractivity contribution in [2.24, 2.45) is 0 Å². The van der Waals surface area contributed by atoms with E-state index < -0.39 is 27.8 Å². The minimum Gasteiger partial charge on any atom is -0.206 e. The van der Waals surface area contributed by atoms with Crippen molar-refractivity contribution in [3.05, 3.63) is 58.9 Å². The van der Waals surface area contributed by atoms with Gasteiger partial charge in [-0.05, 0) is 52.2 Å². The second-order valence-corrected chi connectivity index (χ2v) is 5.29. The Hall–Kier alpha value is -1.43. The zero-order chi connectivity index (χ0) is 15.1. The fourth-order valence-corrected chi connectivity index (χ4v) is 2.23. The predicted molar refractivity (Wildman–Crippen MR) is 69.3 cm³/mol. The van der Waals surface area contributed by atoms with Gasteiger partial charge in [0.2, 0.25) is 0 Å². The normalized spacial score (nSPS) is 11.8. The molecule has 0 aliphatic heterocycles. The molecule has 0 fully saturated rings. The SMILES string of the molecule is Cc1ccc(-c2cc(F)c(C(F)(F)Br)c(F)c2)c(F)c1. The summed E-state index contributed by atoms with van der Waals surface area (Å²) in [5.74, 6) is -3.56. The summed E-state index contributed by atoms with van der Waals surface area (Å²) in [5.41, 5.74) is -0.958. The summed E-state index contributed by atoms with van der Waals surface area (Å²) in [6.07, 6.45) is 0. The van der Waals surface area contributed by atoms with E-state index >= 15 is 0 Å². The Morgan fingerprint density at radius 1 is 0.900 bits per heavy atom. The van der Waals surface area contributed by atoms with Crippen LogP contribution < -0.4 is 0 Å². The molecule has 0 aromatic heterocycles. The fourth-order valence-electron chi connectivity index (χ4n) is 1.85. The first-order valence-corrected chi connectivity index (χ1v) is 6.32. The summed E-state index contributed by atoms with van der Waals surface area (Å²) < 4.78 is 67.0. The highest BCUT2D eigenvalue weighted by molar-refractivity contribution is 9.09. The molecule has 2 aromatic rings. The summed E-state index contributed by atoms with van der Waals surface area (Å²) in [6.45, 7) is 1.66. The van der Waals surface area contributed by atoms with E-state index in [4.69, 9.17) is 0 Å². The third kappa shape index (κ3) is 2.85. The van der Waals surface area contributed by atoms with Gasteiger partial charge >= 0.3 is 4.83 Å². The van der Waals surface area contributed by atoms with Crippen molar-refractivity contribution in [3.8, 4) is 11.1 Å². The van der Waals surface area contributed by atoms with Crippen molar-refractivity contribution in [1.82, 2.24) is 0 Å². The van der Waals surface area contributed by atoms with Gasteiger partial charge in [-0.25, -0.2) is 13.2 Å². The lowest BCUT2D eigenvalue weighted by atomic mass is 10.0. The molecule has 106 valence electrons. The van der Waals surface area contributed by atoms with Crippen molar-refractivity contribution >= 4 is 15.9 Å². The number of rotatable bonds is 2. The molecule has 2 rings (SSSR count). The average Bonchev–Trinajstić information content (AvgIpc) is 2.25. The molecular weight excluding hydrogens is 343 g/mol. The molecule has 0 heterocycles. The third-order valence-corrected chi connectivity index (χ3v) is 3.16. The lowest BCUT2D eigenvalue weighted by Crippen LogP contribution is -2.09. The van der Waals surface area contributed by atoms with Gasteiger partial charge in [-0.15, -0.1) is 0 Å². The predicted octanol–water partition coefficient (Wildman–Crippen LogP) is 5.52. The summed E-state index contributed by atoms with van der Waals surface area (Å²) in [5, 5.41) is 0. The zero-order valence-electron chi connectivity index (χ0n) is 10.2. The molecular formula is C14H8BrF5. The van der Waals surface area contributed by atoms with Crippen LogP contribution in [0.2, 0.25) is 0 Å². The lowest BCUT2D eigenvalue weighted by molar-refractivity contribution is 0.105. The van der Waals surface area contributed by atoms with Crippen LogP contribution in [0, 0.1) is 24.4 Å². The number of alkyl halides is 3. The summed E-state index contributed by atoms with van der Waals surface area (Å²) in [6, 6.07) is 5.45. The molecule has 0 saturated carbocycles. The van der Waals surface area contributed by atoms with Gasteiger partial charge in [-0.2, -0.15) is 8.78 Å². The minimum absolute atomic E-state index is 0.0576. The van der Waals surface area contributed by atoms with Crippen LogP contribution in [0.1, 0.15) is 11.1 Å². The fraction of sp³-hybridized carbons (Fsp3) is 0.143. The first-order valence-electron chi connectivity index (χ1n) is 5.53. The molecule has 2 aromatic carbocycles. The number of halogens is 6. The van der Waals surface area contributed by atoms with Gasteiger partial charge in [-0.3, -0.25) is 0 Å². The summed E-state index contributed by atoms with van der Waals surface area (Å²) >= 11 is 1.91. The molecule has 0 amide bonds. The van der Waals surface area contributed by atoms with Gasteiger partial charge in [0.1, 0.15) is 23.0 Å². The van der Waals surface area contributed by atoms with Gasteiger partial charge < -0.3 is 0 Å². The monoisotopic (exact) mass is 350 g/mol. The Morgan fingerprint density at radius 3 is 1.90 bits per heavy atom. The molecule has 0 atom stereocenters. The minimum atomic E-state index is -3.83. The van der Waals surface area contributed by atoms with Crippen molar-refractivity contribution in [2.45, 2.75) is 11.8 Å². The van der Waals surface area contributed by atoms with Crippen molar-refractivity contribution < 1.29 is 22.0 Å². The van der Waals surface area contributed by atoms with Gasteiger partial charge in [-0.1, -0.05) is 12.1 Å². The van der Waals surface area contributed by atoms with Gasteiger partial charge in [0, 0.05) is 5.56 Å². The Bertz CT molecular complexity index is 638.